The number of alkyl halides is 3. The quantitative estimate of drug-likeness (QED) is 0.792. The zero-order chi connectivity index (χ0) is 18.2. The molecule has 0 bridgehead atoms. The van der Waals surface area contributed by atoms with Gasteiger partial charge in [0.25, 0.3) is 11.7 Å². The highest BCUT2D eigenvalue weighted by Gasteiger charge is 2.37. The zero-order valence-corrected chi connectivity index (χ0v) is 12.8. The number of carbonyl (C=O) groups is 2. The van der Waals surface area contributed by atoms with Crippen LogP contribution in [0.1, 0.15) is 15.9 Å². The standard InChI is InChI=1S/C16H11F3N2O4/c1-24-13-5-2-9(7-20-13)8-21-12-4-3-10(25-16(17,18)19)6-11(12)14(22)15(21)23/h2-7H,8H2,1H3. The highest BCUT2D eigenvalue weighted by atomic mass is 19.4. The molecule has 130 valence electrons. The number of hydrogen-bond donors (Lipinski definition) is 0. The number of amides is 1. The highest BCUT2D eigenvalue weighted by molar-refractivity contribution is 6.52. The normalized spacial score (nSPS) is 13.8. The number of methoxy groups -OCH3 is 1. The molecule has 0 unspecified atom stereocenters. The Morgan fingerprint density at radius 2 is 1.92 bits per heavy atom. The van der Waals surface area contributed by atoms with E-state index < -0.39 is 23.8 Å². The van der Waals surface area contributed by atoms with E-state index in [-0.39, 0.29) is 17.8 Å². The van der Waals surface area contributed by atoms with Crippen molar-refractivity contribution in [1.82, 2.24) is 4.98 Å². The van der Waals surface area contributed by atoms with Crippen molar-refractivity contribution < 1.29 is 32.2 Å². The van der Waals surface area contributed by atoms with Crippen LogP contribution >= 0.6 is 0 Å². The van der Waals surface area contributed by atoms with E-state index in [1.807, 2.05) is 0 Å². The summed E-state index contributed by atoms with van der Waals surface area (Å²) < 4.78 is 45.6. The molecule has 0 N–H and O–H groups in total. The number of benzene rings is 1. The van der Waals surface area contributed by atoms with Gasteiger partial charge in [0.2, 0.25) is 5.88 Å². The molecule has 0 saturated heterocycles. The third kappa shape index (κ3) is 3.39. The van der Waals surface area contributed by atoms with Crippen LogP contribution in [0.5, 0.6) is 11.6 Å². The van der Waals surface area contributed by atoms with Gasteiger partial charge in [0.05, 0.1) is 24.9 Å². The van der Waals surface area contributed by atoms with Crippen molar-refractivity contribution in [3.8, 4) is 11.6 Å². The lowest BCUT2D eigenvalue weighted by molar-refractivity contribution is -0.274. The van der Waals surface area contributed by atoms with E-state index in [9.17, 15) is 22.8 Å². The van der Waals surface area contributed by atoms with Gasteiger partial charge in [-0.25, -0.2) is 4.98 Å². The maximum Gasteiger partial charge on any atom is 0.573 e. The van der Waals surface area contributed by atoms with E-state index >= 15 is 0 Å². The van der Waals surface area contributed by atoms with Crippen LogP contribution in [-0.4, -0.2) is 30.1 Å². The third-order valence-electron chi connectivity index (χ3n) is 3.52. The average molecular weight is 352 g/mol. The molecule has 1 aliphatic rings. The molecule has 25 heavy (non-hydrogen) atoms. The summed E-state index contributed by atoms with van der Waals surface area (Å²) in [4.78, 5) is 29.4. The van der Waals surface area contributed by atoms with Gasteiger partial charge >= 0.3 is 6.36 Å². The number of aromatic nitrogens is 1. The number of hydrogen-bond acceptors (Lipinski definition) is 5. The summed E-state index contributed by atoms with van der Waals surface area (Å²) in [7, 11) is 1.46. The molecule has 0 atom stereocenters. The second-order valence-corrected chi connectivity index (χ2v) is 5.16. The Bertz CT molecular complexity index is 834. The number of anilines is 1. The van der Waals surface area contributed by atoms with Crippen LogP contribution in [0.15, 0.2) is 36.5 Å². The molecule has 0 radical (unpaired) electrons. The predicted molar refractivity (Wildman–Crippen MR) is 79.4 cm³/mol. The Hall–Kier alpha value is -3.10. The lowest BCUT2D eigenvalue weighted by Gasteiger charge is -2.17. The largest absolute Gasteiger partial charge is 0.573 e. The smallest absolute Gasteiger partial charge is 0.481 e. The third-order valence-corrected chi connectivity index (χ3v) is 3.52. The van der Waals surface area contributed by atoms with Crippen molar-refractivity contribution in [3.05, 3.63) is 47.7 Å². The van der Waals surface area contributed by atoms with Crippen molar-refractivity contribution in [2.24, 2.45) is 0 Å². The first-order valence-electron chi connectivity index (χ1n) is 7.03. The number of ketones is 1. The van der Waals surface area contributed by atoms with Gasteiger partial charge in [-0.2, -0.15) is 0 Å². The minimum atomic E-state index is -4.88. The van der Waals surface area contributed by atoms with Crippen LogP contribution in [-0.2, 0) is 11.3 Å². The SMILES string of the molecule is COc1ccc(CN2C(=O)C(=O)c3cc(OC(F)(F)F)ccc32)cn1. The van der Waals surface area contributed by atoms with Gasteiger partial charge in [-0.3, -0.25) is 9.59 Å². The fraction of sp³-hybridized carbons (Fsp3) is 0.188. The van der Waals surface area contributed by atoms with Crippen LogP contribution in [0.3, 0.4) is 0 Å². The first-order valence-corrected chi connectivity index (χ1v) is 7.03. The van der Waals surface area contributed by atoms with E-state index in [0.717, 1.165) is 12.1 Å². The summed E-state index contributed by atoms with van der Waals surface area (Å²) >= 11 is 0. The van der Waals surface area contributed by atoms with Gasteiger partial charge < -0.3 is 14.4 Å². The Morgan fingerprint density at radius 1 is 1.16 bits per heavy atom. The molecule has 9 heteroatoms. The summed E-state index contributed by atoms with van der Waals surface area (Å²) in [5.41, 5.74) is 0.721. The van der Waals surface area contributed by atoms with Crippen LogP contribution < -0.4 is 14.4 Å². The summed E-state index contributed by atoms with van der Waals surface area (Å²) in [5, 5.41) is 0. The molecular weight excluding hydrogens is 341 g/mol. The van der Waals surface area contributed by atoms with E-state index in [4.69, 9.17) is 4.74 Å². The summed E-state index contributed by atoms with van der Waals surface area (Å²) in [6, 6.07) is 6.48. The fourth-order valence-corrected chi connectivity index (χ4v) is 2.44. The molecule has 2 heterocycles. The molecular formula is C16H11F3N2O4. The maximum atomic E-state index is 12.3. The van der Waals surface area contributed by atoms with Crippen LogP contribution in [0, 0.1) is 0 Å². The van der Waals surface area contributed by atoms with Crippen molar-refractivity contribution in [3.63, 3.8) is 0 Å². The first-order chi connectivity index (χ1) is 11.8. The Kier molecular flexibility index (Phi) is 4.07. The van der Waals surface area contributed by atoms with Crippen molar-refractivity contribution >= 4 is 17.4 Å². The minimum absolute atomic E-state index is 0.0496. The van der Waals surface area contributed by atoms with Gasteiger partial charge in [0.15, 0.2) is 0 Å². The number of rotatable bonds is 4. The summed E-state index contributed by atoms with van der Waals surface area (Å²) in [5.74, 6) is -1.87. The number of halogens is 3. The number of nitrogens with zero attached hydrogens (tertiary/aromatic N) is 2. The first kappa shape index (κ1) is 16.7. The number of Topliss-reactive ketones (excluding diaryl/α,β-unsaturated/α-hetero) is 1. The Morgan fingerprint density at radius 3 is 2.52 bits per heavy atom. The molecule has 6 nitrogen and oxygen atoms in total. The van der Waals surface area contributed by atoms with Gasteiger partial charge in [-0.05, 0) is 23.8 Å². The number of pyridine rings is 1. The van der Waals surface area contributed by atoms with E-state index in [2.05, 4.69) is 9.72 Å². The molecule has 1 aliphatic heterocycles. The number of ether oxygens (including phenoxy) is 2. The molecule has 0 aliphatic carbocycles. The lowest BCUT2D eigenvalue weighted by Crippen LogP contribution is -2.29. The van der Waals surface area contributed by atoms with Crippen molar-refractivity contribution in [1.29, 1.82) is 0 Å². The summed E-state index contributed by atoms with van der Waals surface area (Å²) in [6.07, 6.45) is -3.40. The molecule has 0 fully saturated rings. The van der Waals surface area contributed by atoms with Crippen LogP contribution in [0.25, 0.3) is 0 Å². The average Bonchev–Trinajstić information content (AvgIpc) is 2.79. The minimum Gasteiger partial charge on any atom is -0.481 e. The second kappa shape index (κ2) is 6.08. The van der Waals surface area contributed by atoms with Gasteiger partial charge in [0.1, 0.15) is 5.75 Å². The highest BCUT2D eigenvalue weighted by Crippen LogP contribution is 2.34. The topological polar surface area (TPSA) is 68.7 Å². The van der Waals surface area contributed by atoms with Gasteiger partial charge in [-0.15, -0.1) is 13.2 Å². The molecule has 1 amide bonds. The van der Waals surface area contributed by atoms with Gasteiger partial charge in [0, 0.05) is 12.3 Å². The lowest BCUT2D eigenvalue weighted by atomic mass is 10.1. The second-order valence-electron chi connectivity index (χ2n) is 5.16. The fourth-order valence-electron chi connectivity index (χ4n) is 2.44. The van der Waals surface area contributed by atoms with Gasteiger partial charge in [-0.1, -0.05) is 6.07 Å². The Balaban J connectivity index is 1.88. The molecule has 0 spiro atoms. The van der Waals surface area contributed by atoms with E-state index in [0.29, 0.717) is 11.4 Å². The van der Waals surface area contributed by atoms with E-state index in [1.54, 1.807) is 12.1 Å². The number of carbonyl (C=O) groups excluding carboxylic acids is 2. The molecule has 2 aromatic rings. The number of fused-ring (bicyclic) bond motifs is 1. The Labute approximate surface area is 139 Å². The van der Waals surface area contributed by atoms with E-state index in [1.165, 1.54) is 24.3 Å². The summed E-state index contributed by atoms with van der Waals surface area (Å²) in [6.45, 7) is 0.0496. The van der Waals surface area contributed by atoms with Crippen LogP contribution in [0.2, 0.25) is 0 Å². The predicted octanol–water partition coefficient (Wildman–Crippen LogP) is 2.72. The molecule has 1 aromatic carbocycles. The maximum absolute atomic E-state index is 12.3. The van der Waals surface area contributed by atoms with Crippen molar-refractivity contribution in [2.45, 2.75) is 12.9 Å². The monoisotopic (exact) mass is 352 g/mol. The molecule has 1 aromatic heterocycles. The van der Waals surface area contributed by atoms with Crippen molar-refractivity contribution in [2.75, 3.05) is 12.0 Å². The van der Waals surface area contributed by atoms with Crippen LogP contribution in [0.4, 0.5) is 18.9 Å². The zero-order valence-electron chi connectivity index (χ0n) is 12.8. The molecule has 0 saturated carbocycles. The molecule has 3 rings (SSSR count).